The Balaban J connectivity index is 1.98. The first kappa shape index (κ1) is 15.0. The van der Waals surface area contributed by atoms with Crippen LogP contribution in [0.1, 0.15) is 16.8 Å². The smallest absolute Gasteiger partial charge is 0.338 e. The minimum Gasteiger partial charge on any atom is -0.478 e. The molecule has 9 heteroatoms. The Bertz CT molecular complexity index is 907. The quantitative estimate of drug-likeness (QED) is 0.645. The van der Waals surface area contributed by atoms with E-state index in [9.17, 15) is 9.59 Å². The summed E-state index contributed by atoms with van der Waals surface area (Å²) in [6.07, 6.45) is 5.06. The first-order chi connectivity index (χ1) is 11.1. The molecule has 0 bridgehead atoms. The Hall–Kier alpha value is -2.94. The highest BCUT2D eigenvalue weighted by Gasteiger charge is 2.12. The van der Waals surface area contributed by atoms with Crippen LogP contribution in [0.25, 0.3) is 17.0 Å². The number of rotatable bonds is 6. The van der Waals surface area contributed by atoms with E-state index in [-0.39, 0.29) is 17.1 Å². The van der Waals surface area contributed by atoms with Crippen molar-refractivity contribution in [3.05, 3.63) is 40.6 Å². The van der Waals surface area contributed by atoms with Crippen LogP contribution >= 0.6 is 0 Å². The van der Waals surface area contributed by atoms with E-state index in [4.69, 9.17) is 9.84 Å². The van der Waals surface area contributed by atoms with Crippen molar-refractivity contribution in [2.24, 2.45) is 0 Å². The monoisotopic (exact) mass is 317 g/mol. The molecule has 0 fully saturated rings. The summed E-state index contributed by atoms with van der Waals surface area (Å²) < 4.78 is 8.05. The summed E-state index contributed by atoms with van der Waals surface area (Å²) in [5, 5.41) is 12.8. The van der Waals surface area contributed by atoms with Gasteiger partial charge < -0.3 is 14.4 Å². The summed E-state index contributed by atoms with van der Waals surface area (Å²) in [5.41, 5.74) is 0.702. The molecule has 3 aromatic heterocycles. The molecule has 0 saturated heterocycles. The highest BCUT2D eigenvalue weighted by Crippen LogP contribution is 2.11. The number of methoxy groups -OCH3 is 1. The fraction of sp³-hybridized carbons (Fsp3) is 0.286. The lowest BCUT2D eigenvalue weighted by molar-refractivity contribution is 0.0697. The number of fused-ring (bicyclic) bond motifs is 1. The number of carboxylic acids is 1. The average molecular weight is 317 g/mol. The molecule has 23 heavy (non-hydrogen) atoms. The molecule has 0 spiro atoms. The molecular formula is C14H15N5O4. The van der Waals surface area contributed by atoms with Crippen molar-refractivity contribution >= 4 is 17.0 Å². The third-order valence-corrected chi connectivity index (χ3v) is 3.40. The number of nitrogens with one attached hydrogen (secondary N) is 1. The van der Waals surface area contributed by atoms with E-state index in [1.165, 1.54) is 17.1 Å². The highest BCUT2D eigenvalue weighted by atomic mass is 16.5. The van der Waals surface area contributed by atoms with Gasteiger partial charge >= 0.3 is 5.97 Å². The van der Waals surface area contributed by atoms with Gasteiger partial charge in [0.1, 0.15) is 5.52 Å². The van der Waals surface area contributed by atoms with Crippen molar-refractivity contribution in [1.82, 2.24) is 24.3 Å². The van der Waals surface area contributed by atoms with Gasteiger partial charge in [-0.05, 0) is 12.5 Å². The molecule has 120 valence electrons. The predicted octanol–water partition coefficient (Wildman–Crippen LogP) is 0.645. The van der Waals surface area contributed by atoms with Crippen LogP contribution < -0.4 is 5.56 Å². The minimum atomic E-state index is -1.09. The molecule has 3 heterocycles. The second-order valence-electron chi connectivity index (χ2n) is 4.96. The SMILES string of the molecule is COCCCn1ccc2nc(-n3cc(C(=O)O)cn3)[nH]c(=O)c21. The second-order valence-corrected chi connectivity index (χ2v) is 4.96. The molecule has 0 atom stereocenters. The van der Waals surface area contributed by atoms with E-state index in [0.717, 1.165) is 6.42 Å². The Kier molecular flexibility index (Phi) is 3.94. The molecule has 0 amide bonds. The van der Waals surface area contributed by atoms with E-state index in [1.807, 2.05) is 4.57 Å². The summed E-state index contributed by atoms with van der Waals surface area (Å²) in [6, 6.07) is 1.74. The van der Waals surface area contributed by atoms with Gasteiger partial charge in [-0.25, -0.2) is 14.5 Å². The normalized spacial score (nSPS) is 11.2. The standard InChI is InChI=1S/C14H15N5O4/c1-23-6-2-4-18-5-3-10-11(18)12(20)17-14(16-10)19-8-9(7-15-19)13(21)22/h3,5,7-8H,2,4,6H2,1H3,(H,21,22)(H,16,17,20). The minimum absolute atomic E-state index is 0.0184. The molecule has 0 saturated carbocycles. The number of hydrogen-bond acceptors (Lipinski definition) is 5. The molecule has 9 nitrogen and oxygen atoms in total. The molecule has 0 unspecified atom stereocenters. The largest absolute Gasteiger partial charge is 0.478 e. The van der Waals surface area contributed by atoms with Crippen molar-refractivity contribution in [2.45, 2.75) is 13.0 Å². The van der Waals surface area contributed by atoms with Crippen LogP contribution in [0.4, 0.5) is 0 Å². The van der Waals surface area contributed by atoms with Crippen LogP contribution in [-0.2, 0) is 11.3 Å². The van der Waals surface area contributed by atoms with Crippen LogP contribution in [0.2, 0.25) is 0 Å². The number of carboxylic acid groups (broad SMARTS) is 1. The van der Waals surface area contributed by atoms with Crippen molar-refractivity contribution in [2.75, 3.05) is 13.7 Å². The molecule has 0 aliphatic heterocycles. The van der Waals surface area contributed by atoms with Crippen molar-refractivity contribution in [3.8, 4) is 5.95 Å². The molecular weight excluding hydrogens is 302 g/mol. The zero-order chi connectivity index (χ0) is 16.4. The van der Waals surface area contributed by atoms with Gasteiger partial charge in [0.05, 0.1) is 17.3 Å². The fourth-order valence-corrected chi connectivity index (χ4v) is 2.32. The maximum atomic E-state index is 12.3. The second kappa shape index (κ2) is 6.05. The first-order valence-corrected chi connectivity index (χ1v) is 6.96. The molecule has 0 radical (unpaired) electrons. The molecule has 0 aromatic carbocycles. The van der Waals surface area contributed by atoms with Crippen molar-refractivity contribution in [3.63, 3.8) is 0 Å². The molecule has 0 aliphatic rings. The van der Waals surface area contributed by atoms with Gasteiger partial charge in [0.25, 0.3) is 5.56 Å². The Morgan fingerprint density at radius 1 is 1.48 bits per heavy atom. The summed E-state index contributed by atoms with van der Waals surface area (Å²) in [6.45, 7) is 1.25. The number of aromatic carboxylic acids is 1. The maximum absolute atomic E-state index is 12.3. The number of nitrogens with zero attached hydrogens (tertiary/aromatic N) is 4. The lowest BCUT2D eigenvalue weighted by atomic mass is 10.4. The number of aryl methyl sites for hydroxylation is 1. The fourth-order valence-electron chi connectivity index (χ4n) is 2.32. The van der Waals surface area contributed by atoms with E-state index in [2.05, 4.69) is 15.1 Å². The average Bonchev–Trinajstić information content (AvgIpc) is 3.14. The van der Waals surface area contributed by atoms with Crippen LogP contribution in [0.3, 0.4) is 0 Å². The van der Waals surface area contributed by atoms with Gasteiger partial charge in [-0.1, -0.05) is 0 Å². The molecule has 2 N–H and O–H groups in total. The van der Waals surface area contributed by atoms with Gasteiger partial charge in [0.2, 0.25) is 5.95 Å². The van der Waals surface area contributed by atoms with Gasteiger partial charge in [0, 0.05) is 32.7 Å². The number of ether oxygens (including phenoxy) is 1. The molecule has 0 aliphatic carbocycles. The van der Waals surface area contributed by atoms with Crippen LogP contribution in [0.15, 0.2) is 29.5 Å². The number of carbonyl (C=O) groups is 1. The number of aromatic nitrogens is 5. The zero-order valence-electron chi connectivity index (χ0n) is 12.4. The van der Waals surface area contributed by atoms with E-state index in [1.54, 1.807) is 19.4 Å². The van der Waals surface area contributed by atoms with Crippen LogP contribution in [0.5, 0.6) is 0 Å². The third kappa shape index (κ3) is 2.86. The first-order valence-electron chi connectivity index (χ1n) is 6.96. The van der Waals surface area contributed by atoms with Gasteiger partial charge in [-0.3, -0.25) is 9.78 Å². The van der Waals surface area contributed by atoms with Gasteiger partial charge in [0.15, 0.2) is 0 Å². The number of hydrogen-bond donors (Lipinski definition) is 2. The summed E-state index contributed by atoms with van der Waals surface area (Å²) >= 11 is 0. The summed E-state index contributed by atoms with van der Waals surface area (Å²) in [5.74, 6) is -0.923. The molecule has 3 rings (SSSR count). The van der Waals surface area contributed by atoms with Crippen LogP contribution in [0, 0.1) is 0 Å². The van der Waals surface area contributed by atoms with E-state index < -0.39 is 5.97 Å². The van der Waals surface area contributed by atoms with Crippen LogP contribution in [-0.4, -0.2) is 49.1 Å². The lowest BCUT2D eigenvalue weighted by Crippen LogP contribution is -2.16. The van der Waals surface area contributed by atoms with Gasteiger partial charge in [-0.15, -0.1) is 0 Å². The summed E-state index contributed by atoms with van der Waals surface area (Å²) in [7, 11) is 1.63. The Labute approximate surface area is 130 Å². The number of aromatic amines is 1. The Morgan fingerprint density at radius 2 is 2.30 bits per heavy atom. The third-order valence-electron chi connectivity index (χ3n) is 3.40. The topological polar surface area (TPSA) is 115 Å². The maximum Gasteiger partial charge on any atom is 0.338 e. The van der Waals surface area contributed by atoms with Crippen molar-refractivity contribution in [1.29, 1.82) is 0 Å². The van der Waals surface area contributed by atoms with E-state index in [0.29, 0.717) is 24.2 Å². The van der Waals surface area contributed by atoms with Crippen molar-refractivity contribution < 1.29 is 14.6 Å². The van der Waals surface area contributed by atoms with E-state index >= 15 is 0 Å². The van der Waals surface area contributed by atoms with Gasteiger partial charge in [-0.2, -0.15) is 5.10 Å². The highest BCUT2D eigenvalue weighted by molar-refractivity contribution is 5.87. The zero-order valence-corrected chi connectivity index (χ0v) is 12.4. The molecule has 3 aromatic rings. The number of H-pyrrole nitrogens is 1. The Morgan fingerprint density at radius 3 is 3.00 bits per heavy atom. The summed E-state index contributed by atoms with van der Waals surface area (Å²) in [4.78, 5) is 30.2. The predicted molar refractivity (Wildman–Crippen MR) is 80.9 cm³/mol. The lowest BCUT2D eigenvalue weighted by Gasteiger charge is -2.05.